The largest absolute Gasteiger partial charge is 0.469 e. The predicted octanol–water partition coefficient (Wildman–Crippen LogP) is 3.71. The average Bonchev–Trinajstić information content (AvgIpc) is 2.81. The minimum atomic E-state index is -0.361. The van der Waals surface area contributed by atoms with E-state index in [2.05, 4.69) is 17.2 Å². The van der Waals surface area contributed by atoms with E-state index in [1.54, 1.807) is 42.5 Å². The quantitative estimate of drug-likeness (QED) is 0.568. The molecule has 5 nitrogen and oxygen atoms in total. The van der Waals surface area contributed by atoms with E-state index in [0.29, 0.717) is 49.3 Å². The first-order valence-electron chi connectivity index (χ1n) is 10.3. The molecule has 0 unspecified atom stereocenters. The molecular weight excluding hydrogens is 397 g/mol. The van der Waals surface area contributed by atoms with Gasteiger partial charge in [-0.15, -0.1) is 0 Å². The van der Waals surface area contributed by atoms with Gasteiger partial charge in [0.15, 0.2) is 0 Å². The highest BCUT2D eigenvalue weighted by Gasteiger charge is 2.33. The molecule has 0 aliphatic carbocycles. The van der Waals surface area contributed by atoms with E-state index in [-0.39, 0.29) is 23.1 Å². The van der Waals surface area contributed by atoms with Gasteiger partial charge in [0, 0.05) is 37.3 Å². The summed E-state index contributed by atoms with van der Waals surface area (Å²) in [6.45, 7) is 1.71. The molecular formula is C25H26FNO4. The van der Waals surface area contributed by atoms with Crippen molar-refractivity contribution in [2.24, 2.45) is 5.41 Å². The first kappa shape index (κ1) is 22.5. The van der Waals surface area contributed by atoms with Gasteiger partial charge >= 0.3 is 5.97 Å². The van der Waals surface area contributed by atoms with Crippen LogP contribution in [0, 0.1) is 23.1 Å². The predicted molar refractivity (Wildman–Crippen MR) is 115 cm³/mol. The molecule has 0 saturated carbocycles. The SMILES string of the molecule is COC(=O)CCC1(CNC(=O)c2ccc(C#Cc3ccccc3F)cc2)CCOCC1. The Kier molecular flexibility index (Phi) is 7.80. The molecule has 0 aromatic heterocycles. The monoisotopic (exact) mass is 423 g/mol. The first-order valence-corrected chi connectivity index (χ1v) is 10.3. The van der Waals surface area contributed by atoms with Crippen LogP contribution < -0.4 is 5.32 Å². The molecule has 1 N–H and O–H groups in total. The molecule has 1 aliphatic rings. The number of benzene rings is 2. The maximum atomic E-state index is 13.7. The number of hydrogen-bond acceptors (Lipinski definition) is 4. The number of methoxy groups -OCH3 is 1. The molecule has 3 rings (SSSR count). The van der Waals surface area contributed by atoms with Crippen LogP contribution >= 0.6 is 0 Å². The summed E-state index contributed by atoms with van der Waals surface area (Å²) >= 11 is 0. The Hall–Kier alpha value is -3.17. The molecule has 0 spiro atoms. The number of esters is 1. The van der Waals surface area contributed by atoms with Crippen molar-refractivity contribution in [3.63, 3.8) is 0 Å². The van der Waals surface area contributed by atoms with Gasteiger partial charge in [0.25, 0.3) is 5.91 Å². The van der Waals surface area contributed by atoms with Gasteiger partial charge in [0.1, 0.15) is 5.82 Å². The molecule has 6 heteroatoms. The van der Waals surface area contributed by atoms with Crippen molar-refractivity contribution in [2.45, 2.75) is 25.7 Å². The summed E-state index contributed by atoms with van der Waals surface area (Å²) in [6, 6.07) is 13.2. The van der Waals surface area contributed by atoms with Crippen LogP contribution in [-0.4, -0.2) is 38.7 Å². The van der Waals surface area contributed by atoms with E-state index in [0.717, 1.165) is 12.8 Å². The highest BCUT2D eigenvalue weighted by atomic mass is 19.1. The third kappa shape index (κ3) is 6.40. The molecule has 0 radical (unpaired) electrons. The van der Waals surface area contributed by atoms with Crippen molar-refractivity contribution in [1.82, 2.24) is 5.32 Å². The summed E-state index contributed by atoms with van der Waals surface area (Å²) < 4.78 is 23.9. The standard InChI is InChI=1S/C25H26FNO4/c1-30-23(28)12-13-25(14-16-31-17-15-25)18-27-24(29)21-10-7-19(8-11-21)6-9-20-4-2-3-5-22(20)26/h2-5,7-8,10-11H,12-18H2,1H3,(H,27,29). The Morgan fingerprint density at radius 3 is 2.48 bits per heavy atom. The van der Waals surface area contributed by atoms with Crippen LogP contribution in [-0.2, 0) is 14.3 Å². The smallest absolute Gasteiger partial charge is 0.305 e. The Morgan fingerprint density at radius 2 is 1.81 bits per heavy atom. The third-order valence-electron chi connectivity index (χ3n) is 5.63. The zero-order valence-electron chi connectivity index (χ0n) is 17.6. The van der Waals surface area contributed by atoms with Gasteiger partial charge in [-0.2, -0.15) is 0 Å². The normalized spacial score (nSPS) is 14.8. The molecule has 1 fully saturated rings. The third-order valence-corrected chi connectivity index (χ3v) is 5.63. The Morgan fingerprint density at radius 1 is 1.10 bits per heavy atom. The van der Waals surface area contributed by atoms with Gasteiger partial charge in [-0.1, -0.05) is 24.0 Å². The van der Waals surface area contributed by atoms with Gasteiger partial charge in [-0.3, -0.25) is 9.59 Å². The Balaban J connectivity index is 1.61. The summed E-state index contributed by atoms with van der Waals surface area (Å²) in [7, 11) is 1.38. The summed E-state index contributed by atoms with van der Waals surface area (Å²) in [6.07, 6.45) is 2.54. The second kappa shape index (κ2) is 10.7. The second-order valence-electron chi connectivity index (χ2n) is 7.68. The second-order valence-corrected chi connectivity index (χ2v) is 7.68. The van der Waals surface area contributed by atoms with Crippen LogP contribution in [0.1, 0.15) is 47.2 Å². The number of halogens is 1. The summed E-state index contributed by atoms with van der Waals surface area (Å²) in [5.74, 6) is 4.93. The van der Waals surface area contributed by atoms with Crippen molar-refractivity contribution >= 4 is 11.9 Å². The van der Waals surface area contributed by atoms with Crippen molar-refractivity contribution in [2.75, 3.05) is 26.9 Å². The molecule has 162 valence electrons. The number of carbonyl (C=O) groups is 2. The highest BCUT2D eigenvalue weighted by molar-refractivity contribution is 5.94. The number of ether oxygens (including phenoxy) is 2. The lowest BCUT2D eigenvalue weighted by Gasteiger charge is -2.37. The molecule has 1 aliphatic heterocycles. The van der Waals surface area contributed by atoms with E-state index < -0.39 is 0 Å². The van der Waals surface area contributed by atoms with E-state index in [4.69, 9.17) is 9.47 Å². The van der Waals surface area contributed by atoms with Crippen molar-refractivity contribution < 1.29 is 23.5 Å². The van der Waals surface area contributed by atoms with Crippen LogP contribution in [0.5, 0.6) is 0 Å². The van der Waals surface area contributed by atoms with Crippen LogP contribution in [0.15, 0.2) is 48.5 Å². The fraction of sp³-hybridized carbons (Fsp3) is 0.360. The van der Waals surface area contributed by atoms with Crippen molar-refractivity contribution in [3.8, 4) is 11.8 Å². The number of hydrogen-bond donors (Lipinski definition) is 1. The Labute approximate surface area is 181 Å². The van der Waals surface area contributed by atoms with E-state index in [1.807, 2.05) is 0 Å². The first-order chi connectivity index (χ1) is 15.0. The summed E-state index contributed by atoms with van der Waals surface area (Å²) in [5.41, 5.74) is 1.37. The lowest BCUT2D eigenvalue weighted by Crippen LogP contribution is -2.41. The van der Waals surface area contributed by atoms with Gasteiger partial charge in [0.05, 0.1) is 12.7 Å². The van der Waals surface area contributed by atoms with Gasteiger partial charge in [0.2, 0.25) is 0 Å². The molecule has 0 atom stereocenters. The van der Waals surface area contributed by atoms with E-state index in [9.17, 15) is 14.0 Å². The molecule has 1 amide bonds. The molecule has 2 aromatic rings. The summed E-state index contributed by atoms with van der Waals surface area (Å²) in [4.78, 5) is 24.2. The highest BCUT2D eigenvalue weighted by Crippen LogP contribution is 2.35. The minimum absolute atomic E-state index is 0.173. The minimum Gasteiger partial charge on any atom is -0.469 e. The lowest BCUT2D eigenvalue weighted by molar-refractivity contribution is -0.141. The maximum Gasteiger partial charge on any atom is 0.305 e. The number of nitrogens with one attached hydrogen (secondary N) is 1. The zero-order chi connectivity index (χ0) is 22.1. The lowest BCUT2D eigenvalue weighted by atomic mass is 9.76. The number of rotatable bonds is 6. The van der Waals surface area contributed by atoms with Gasteiger partial charge in [-0.05, 0) is 61.1 Å². The van der Waals surface area contributed by atoms with Crippen LogP contribution in [0.25, 0.3) is 0 Å². The van der Waals surface area contributed by atoms with Gasteiger partial charge in [-0.25, -0.2) is 4.39 Å². The van der Waals surface area contributed by atoms with Crippen LogP contribution in [0.3, 0.4) is 0 Å². The van der Waals surface area contributed by atoms with Crippen LogP contribution in [0.2, 0.25) is 0 Å². The number of carbonyl (C=O) groups excluding carboxylic acids is 2. The van der Waals surface area contributed by atoms with Crippen molar-refractivity contribution in [1.29, 1.82) is 0 Å². The zero-order valence-corrected chi connectivity index (χ0v) is 17.6. The fourth-order valence-electron chi connectivity index (χ4n) is 3.57. The van der Waals surface area contributed by atoms with Crippen molar-refractivity contribution in [3.05, 3.63) is 71.0 Å². The molecule has 1 heterocycles. The molecule has 31 heavy (non-hydrogen) atoms. The van der Waals surface area contributed by atoms with E-state index >= 15 is 0 Å². The maximum absolute atomic E-state index is 13.7. The number of amides is 1. The Bertz CT molecular complexity index is 969. The van der Waals surface area contributed by atoms with Crippen LogP contribution in [0.4, 0.5) is 4.39 Å². The summed E-state index contributed by atoms with van der Waals surface area (Å²) in [5, 5.41) is 3.00. The molecule has 1 saturated heterocycles. The molecule has 0 bridgehead atoms. The van der Waals surface area contributed by atoms with Gasteiger partial charge < -0.3 is 14.8 Å². The average molecular weight is 423 g/mol. The molecule has 2 aromatic carbocycles. The van der Waals surface area contributed by atoms with E-state index in [1.165, 1.54) is 13.2 Å². The topological polar surface area (TPSA) is 64.6 Å². The fourth-order valence-corrected chi connectivity index (χ4v) is 3.57.